The Morgan fingerprint density at radius 2 is 2.18 bits per heavy atom. The van der Waals surface area contributed by atoms with Gasteiger partial charge in [0.05, 0.1) is 5.56 Å². The number of nitrogens with zero attached hydrogens (tertiary/aromatic N) is 2. The van der Waals surface area contributed by atoms with Crippen molar-refractivity contribution in [2.45, 2.75) is 31.1 Å². The maximum Gasteiger partial charge on any atom is 0.264 e. The topological polar surface area (TPSA) is 58.4 Å². The summed E-state index contributed by atoms with van der Waals surface area (Å²) in [5.74, 6) is 0.692. The van der Waals surface area contributed by atoms with E-state index in [1.807, 2.05) is 30.0 Å². The molecule has 0 fully saturated rings. The Labute approximate surface area is 172 Å². The quantitative estimate of drug-likeness (QED) is 0.522. The minimum Gasteiger partial charge on any atom is -0.369 e. The highest BCUT2D eigenvalue weighted by molar-refractivity contribution is 8.03. The maximum atomic E-state index is 13.0. The van der Waals surface area contributed by atoms with E-state index >= 15 is 0 Å². The van der Waals surface area contributed by atoms with E-state index in [1.54, 1.807) is 21.9 Å². The molecule has 3 aromatic heterocycles. The minimum absolute atomic E-state index is 0.00590. The van der Waals surface area contributed by atoms with Gasteiger partial charge >= 0.3 is 0 Å². The Morgan fingerprint density at radius 3 is 3.00 bits per heavy atom. The Kier molecular flexibility index (Phi) is 6.46. The van der Waals surface area contributed by atoms with Crippen LogP contribution in [0.5, 0.6) is 0 Å². The summed E-state index contributed by atoms with van der Waals surface area (Å²) in [5.41, 5.74) is 1.36. The van der Waals surface area contributed by atoms with E-state index in [9.17, 15) is 4.79 Å². The normalized spacial score (nSPS) is 16.1. The maximum absolute atomic E-state index is 13.0. The summed E-state index contributed by atoms with van der Waals surface area (Å²) < 4.78 is 1.62. The Hall–Kier alpha value is -2.09. The highest BCUT2D eigenvalue weighted by Gasteiger charge is 2.14. The number of thiophene rings is 1. The van der Waals surface area contributed by atoms with Gasteiger partial charge in [-0.15, -0.1) is 23.1 Å². The molecule has 7 heteroatoms. The lowest BCUT2D eigenvalue weighted by molar-refractivity contribution is 0.633. The molecule has 0 amide bonds. The van der Waals surface area contributed by atoms with Gasteiger partial charge in [-0.1, -0.05) is 18.2 Å². The summed E-state index contributed by atoms with van der Waals surface area (Å²) in [6.45, 7) is 2.17. The zero-order valence-electron chi connectivity index (χ0n) is 15.6. The number of nitrogens with one attached hydrogen (secondary N) is 2. The Morgan fingerprint density at radius 1 is 1.21 bits per heavy atom. The molecule has 1 unspecified atom stereocenters. The monoisotopic (exact) mass is 412 g/mol. The van der Waals surface area contributed by atoms with E-state index in [4.69, 9.17) is 4.98 Å². The van der Waals surface area contributed by atoms with Crippen LogP contribution in [-0.4, -0.2) is 27.7 Å². The summed E-state index contributed by atoms with van der Waals surface area (Å²) >= 11 is 3.65. The second kappa shape index (κ2) is 9.41. The van der Waals surface area contributed by atoms with Crippen molar-refractivity contribution in [1.29, 1.82) is 0 Å². The van der Waals surface area contributed by atoms with Gasteiger partial charge in [0.2, 0.25) is 0 Å². The fraction of sp³-hybridized carbons (Fsp3) is 0.333. The molecule has 146 valence electrons. The molecular weight excluding hydrogens is 388 g/mol. The molecule has 0 spiro atoms. The number of fused-ring (bicyclic) bond motifs is 1. The first-order valence-corrected chi connectivity index (χ1v) is 11.4. The van der Waals surface area contributed by atoms with Crippen molar-refractivity contribution in [2.75, 3.05) is 18.4 Å². The smallest absolute Gasteiger partial charge is 0.264 e. The van der Waals surface area contributed by atoms with Crippen LogP contribution in [0.15, 0.2) is 58.2 Å². The summed E-state index contributed by atoms with van der Waals surface area (Å²) in [7, 11) is 0. The van der Waals surface area contributed by atoms with Gasteiger partial charge in [0.15, 0.2) is 0 Å². The molecule has 1 aliphatic heterocycles. The standard InChI is InChI=1S/C21H24N4OS2/c26-21-18(15-22-10-8-16-5-3-13-27-16)20(23-11-9-17-6-4-14-28-17)24-19-7-1-2-12-25(19)21/h1-4,6-7,12-14,16,22-23H,5,8-11,15H2. The molecule has 28 heavy (non-hydrogen) atoms. The number of hydrogen-bond donors (Lipinski definition) is 2. The number of hydrogen-bond acceptors (Lipinski definition) is 6. The third-order valence-corrected chi connectivity index (χ3v) is 6.88. The van der Waals surface area contributed by atoms with Gasteiger partial charge in [-0.25, -0.2) is 4.98 Å². The third kappa shape index (κ3) is 4.66. The van der Waals surface area contributed by atoms with Crippen molar-refractivity contribution >= 4 is 34.6 Å². The minimum atomic E-state index is -0.00590. The highest BCUT2D eigenvalue weighted by atomic mass is 32.2. The first-order chi connectivity index (χ1) is 13.8. The molecule has 4 heterocycles. The molecule has 1 aliphatic rings. The first-order valence-electron chi connectivity index (χ1n) is 9.59. The van der Waals surface area contributed by atoms with Gasteiger partial charge in [-0.05, 0) is 54.8 Å². The molecule has 0 saturated carbocycles. The number of pyridine rings is 1. The van der Waals surface area contributed by atoms with E-state index in [0.717, 1.165) is 32.4 Å². The van der Waals surface area contributed by atoms with Crippen LogP contribution in [0, 0.1) is 0 Å². The van der Waals surface area contributed by atoms with Crippen LogP contribution in [0.1, 0.15) is 23.3 Å². The van der Waals surface area contributed by atoms with Gasteiger partial charge in [-0.3, -0.25) is 9.20 Å². The van der Waals surface area contributed by atoms with Gasteiger partial charge in [0.25, 0.3) is 5.56 Å². The van der Waals surface area contributed by atoms with Crippen LogP contribution < -0.4 is 16.2 Å². The predicted octanol–water partition coefficient (Wildman–Crippen LogP) is 3.91. The molecule has 0 radical (unpaired) electrons. The average molecular weight is 413 g/mol. The van der Waals surface area contributed by atoms with Crippen molar-refractivity contribution in [1.82, 2.24) is 14.7 Å². The van der Waals surface area contributed by atoms with Crippen LogP contribution in [-0.2, 0) is 13.0 Å². The van der Waals surface area contributed by atoms with Gasteiger partial charge in [0, 0.05) is 29.4 Å². The molecule has 2 N–H and O–H groups in total. The zero-order valence-corrected chi connectivity index (χ0v) is 17.3. The zero-order chi connectivity index (χ0) is 19.2. The van der Waals surface area contributed by atoms with Gasteiger partial charge < -0.3 is 10.6 Å². The molecule has 4 rings (SSSR count). The SMILES string of the molecule is O=c1c(CNCCC2CC=CS2)c(NCCc2cccs2)nc2ccccn12. The first kappa shape index (κ1) is 19.2. The van der Waals surface area contributed by atoms with E-state index in [0.29, 0.717) is 28.8 Å². The summed E-state index contributed by atoms with van der Waals surface area (Å²) in [5, 5.41) is 11.8. The van der Waals surface area contributed by atoms with Crippen molar-refractivity contribution < 1.29 is 0 Å². The van der Waals surface area contributed by atoms with Crippen molar-refractivity contribution in [3.05, 3.63) is 74.2 Å². The predicted molar refractivity (Wildman–Crippen MR) is 119 cm³/mol. The van der Waals surface area contributed by atoms with Gasteiger partial charge in [-0.2, -0.15) is 0 Å². The summed E-state index contributed by atoms with van der Waals surface area (Å²) in [6.07, 6.45) is 7.17. The van der Waals surface area contributed by atoms with Crippen molar-refractivity contribution in [3.8, 4) is 0 Å². The van der Waals surface area contributed by atoms with Gasteiger partial charge in [0.1, 0.15) is 11.5 Å². The lowest BCUT2D eigenvalue weighted by Crippen LogP contribution is -2.28. The average Bonchev–Trinajstić information content (AvgIpc) is 3.41. The molecule has 3 aromatic rings. The fourth-order valence-corrected chi connectivity index (χ4v) is 4.91. The molecule has 0 bridgehead atoms. The van der Waals surface area contributed by atoms with E-state index in [-0.39, 0.29) is 5.56 Å². The Balaban J connectivity index is 1.46. The Bertz CT molecular complexity index is 989. The summed E-state index contributed by atoms with van der Waals surface area (Å²) in [6, 6.07) is 9.83. The molecule has 1 atom stereocenters. The number of anilines is 1. The van der Waals surface area contributed by atoms with E-state index in [2.05, 4.69) is 39.6 Å². The lowest BCUT2D eigenvalue weighted by Gasteiger charge is -2.14. The molecule has 5 nitrogen and oxygen atoms in total. The highest BCUT2D eigenvalue weighted by Crippen LogP contribution is 2.26. The van der Waals surface area contributed by atoms with Crippen molar-refractivity contribution in [2.24, 2.45) is 0 Å². The number of rotatable bonds is 9. The molecular formula is C21H24N4OS2. The van der Waals surface area contributed by atoms with E-state index < -0.39 is 0 Å². The van der Waals surface area contributed by atoms with Crippen LogP contribution in [0.4, 0.5) is 5.82 Å². The van der Waals surface area contributed by atoms with Crippen LogP contribution >= 0.6 is 23.1 Å². The second-order valence-corrected chi connectivity index (χ2v) is 9.00. The van der Waals surface area contributed by atoms with E-state index in [1.165, 1.54) is 4.88 Å². The van der Waals surface area contributed by atoms with Crippen molar-refractivity contribution in [3.63, 3.8) is 0 Å². The summed E-state index contributed by atoms with van der Waals surface area (Å²) in [4.78, 5) is 19.1. The van der Waals surface area contributed by atoms with Crippen LogP contribution in [0.2, 0.25) is 0 Å². The van der Waals surface area contributed by atoms with Crippen LogP contribution in [0.25, 0.3) is 5.65 Å². The number of allylic oxidation sites excluding steroid dienone is 1. The molecule has 0 aromatic carbocycles. The molecule has 0 aliphatic carbocycles. The second-order valence-electron chi connectivity index (χ2n) is 6.76. The number of aromatic nitrogens is 2. The molecule has 0 saturated heterocycles. The largest absolute Gasteiger partial charge is 0.369 e. The third-order valence-electron chi connectivity index (χ3n) is 4.78. The van der Waals surface area contributed by atoms with Crippen LogP contribution in [0.3, 0.4) is 0 Å². The fourth-order valence-electron chi connectivity index (χ4n) is 3.28. The lowest BCUT2D eigenvalue weighted by atomic mass is 10.2. The number of thioether (sulfide) groups is 1.